The number of thioether (sulfide) groups is 1. The van der Waals surface area contributed by atoms with Gasteiger partial charge in [0.15, 0.2) is 5.16 Å². The first-order valence-corrected chi connectivity index (χ1v) is 7.70. The number of halogens is 2. The molecule has 0 spiro atoms. The van der Waals surface area contributed by atoms with Gasteiger partial charge in [-0.3, -0.25) is 0 Å². The third-order valence-electron chi connectivity index (χ3n) is 3.50. The van der Waals surface area contributed by atoms with Gasteiger partial charge in [-0.2, -0.15) is 0 Å². The number of hydrogen-bond donors (Lipinski definition) is 1. The molecule has 1 N–H and O–H groups in total. The van der Waals surface area contributed by atoms with Gasteiger partial charge >= 0.3 is 0 Å². The first-order chi connectivity index (χ1) is 10.1. The summed E-state index contributed by atoms with van der Waals surface area (Å²) in [5, 5.41) is 18.9. The molecule has 1 aromatic heterocycles. The molecular weight excluding hydrogens is 296 g/mol. The summed E-state index contributed by atoms with van der Waals surface area (Å²) in [4.78, 5) is 0. The molecule has 7 heteroatoms. The molecular formula is C14H15F2N3OS. The van der Waals surface area contributed by atoms with E-state index in [1.807, 2.05) is 11.6 Å². The van der Waals surface area contributed by atoms with Gasteiger partial charge < -0.3 is 9.67 Å². The third kappa shape index (κ3) is 3.08. The van der Waals surface area contributed by atoms with Gasteiger partial charge in [0.05, 0.1) is 6.10 Å². The average Bonchev–Trinajstić information content (AvgIpc) is 3.23. The van der Waals surface area contributed by atoms with Crippen LogP contribution in [0.4, 0.5) is 8.78 Å². The molecule has 112 valence electrons. The smallest absolute Gasteiger partial charge is 0.191 e. The molecule has 3 rings (SSSR count). The molecule has 21 heavy (non-hydrogen) atoms. The zero-order valence-electron chi connectivity index (χ0n) is 11.5. The van der Waals surface area contributed by atoms with Crippen LogP contribution in [0, 0.1) is 11.6 Å². The summed E-state index contributed by atoms with van der Waals surface area (Å²) in [5.41, 5.74) is -0.0351. The van der Waals surface area contributed by atoms with Gasteiger partial charge in [0.25, 0.3) is 0 Å². The van der Waals surface area contributed by atoms with E-state index in [0.717, 1.165) is 36.9 Å². The highest BCUT2D eigenvalue weighted by Gasteiger charge is 2.29. The highest BCUT2D eigenvalue weighted by Crippen LogP contribution is 2.39. The molecule has 0 aliphatic heterocycles. The van der Waals surface area contributed by atoms with Gasteiger partial charge in [-0.1, -0.05) is 11.8 Å². The number of hydrogen-bond acceptors (Lipinski definition) is 4. The molecule has 1 aliphatic carbocycles. The summed E-state index contributed by atoms with van der Waals surface area (Å²) < 4.78 is 28.6. The molecule has 2 aromatic rings. The fourth-order valence-corrected chi connectivity index (χ4v) is 3.03. The van der Waals surface area contributed by atoms with Crippen LogP contribution in [0.25, 0.3) is 0 Å². The van der Waals surface area contributed by atoms with Crippen molar-refractivity contribution in [1.82, 2.24) is 14.8 Å². The largest absolute Gasteiger partial charge is 0.387 e. The maximum Gasteiger partial charge on any atom is 0.191 e. The van der Waals surface area contributed by atoms with Crippen LogP contribution in [-0.2, 0) is 7.05 Å². The van der Waals surface area contributed by atoms with E-state index in [1.54, 1.807) is 0 Å². The minimum absolute atomic E-state index is 0.0351. The molecule has 0 saturated heterocycles. The van der Waals surface area contributed by atoms with Gasteiger partial charge in [0, 0.05) is 24.3 Å². The van der Waals surface area contributed by atoms with E-state index in [-0.39, 0.29) is 11.3 Å². The maximum absolute atomic E-state index is 13.6. The molecule has 1 saturated carbocycles. The van der Waals surface area contributed by atoms with Crippen molar-refractivity contribution < 1.29 is 13.9 Å². The summed E-state index contributed by atoms with van der Waals surface area (Å²) in [6.07, 6.45) is 1.17. The van der Waals surface area contributed by atoms with E-state index in [0.29, 0.717) is 11.1 Å². The van der Waals surface area contributed by atoms with Crippen LogP contribution >= 0.6 is 11.8 Å². The topological polar surface area (TPSA) is 50.9 Å². The van der Waals surface area contributed by atoms with Gasteiger partial charge in [-0.25, -0.2) is 8.78 Å². The Labute approximate surface area is 125 Å². The molecule has 1 fully saturated rings. The van der Waals surface area contributed by atoms with Crippen molar-refractivity contribution in [3.8, 4) is 0 Å². The lowest BCUT2D eigenvalue weighted by Crippen LogP contribution is -2.05. The summed E-state index contributed by atoms with van der Waals surface area (Å²) >= 11 is 1.28. The van der Waals surface area contributed by atoms with E-state index in [4.69, 9.17) is 0 Å². The fraction of sp³-hybridized carbons (Fsp3) is 0.429. The minimum atomic E-state index is -1.09. The number of benzene rings is 1. The van der Waals surface area contributed by atoms with Crippen molar-refractivity contribution in [1.29, 1.82) is 0 Å². The van der Waals surface area contributed by atoms with Crippen LogP contribution < -0.4 is 0 Å². The zero-order chi connectivity index (χ0) is 15.0. The lowest BCUT2D eigenvalue weighted by molar-refractivity contribution is 0.198. The van der Waals surface area contributed by atoms with Crippen LogP contribution in [0.2, 0.25) is 0 Å². The van der Waals surface area contributed by atoms with Crippen molar-refractivity contribution in [2.24, 2.45) is 7.05 Å². The quantitative estimate of drug-likeness (QED) is 0.863. The van der Waals surface area contributed by atoms with Crippen LogP contribution in [-0.4, -0.2) is 25.6 Å². The van der Waals surface area contributed by atoms with Crippen molar-refractivity contribution in [2.45, 2.75) is 30.0 Å². The molecule has 1 aromatic carbocycles. The number of nitrogens with zero attached hydrogens (tertiary/aromatic N) is 3. The van der Waals surface area contributed by atoms with Gasteiger partial charge in [0.2, 0.25) is 0 Å². The Morgan fingerprint density at radius 1 is 1.38 bits per heavy atom. The molecule has 1 aliphatic rings. The van der Waals surface area contributed by atoms with Crippen LogP contribution in [0.5, 0.6) is 0 Å². The number of rotatable bonds is 5. The highest BCUT2D eigenvalue weighted by molar-refractivity contribution is 7.99. The lowest BCUT2D eigenvalue weighted by Gasteiger charge is -2.11. The first-order valence-electron chi connectivity index (χ1n) is 6.71. The second-order valence-electron chi connectivity index (χ2n) is 5.17. The zero-order valence-corrected chi connectivity index (χ0v) is 12.3. The Balaban J connectivity index is 1.68. The van der Waals surface area contributed by atoms with E-state index < -0.39 is 17.7 Å². The Morgan fingerprint density at radius 2 is 2.14 bits per heavy atom. The summed E-state index contributed by atoms with van der Waals surface area (Å²) in [7, 11) is 1.88. The van der Waals surface area contributed by atoms with Crippen molar-refractivity contribution in [2.75, 3.05) is 5.75 Å². The van der Waals surface area contributed by atoms with Crippen LogP contribution in [0.15, 0.2) is 23.4 Å². The van der Waals surface area contributed by atoms with E-state index >= 15 is 0 Å². The van der Waals surface area contributed by atoms with Gasteiger partial charge in [0.1, 0.15) is 17.5 Å². The fourth-order valence-electron chi connectivity index (χ4n) is 2.16. The molecule has 4 nitrogen and oxygen atoms in total. The van der Waals surface area contributed by atoms with E-state index in [1.165, 1.54) is 11.8 Å². The van der Waals surface area contributed by atoms with Gasteiger partial charge in [-0.05, 0) is 31.0 Å². The molecule has 1 atom stereocenters. The molecule has 0 bridgehead atoms. The Morgan fingerprint density at radius 3 is 2.86 bits per heavy atom. The normalized spacial score (nSPS) is 16.2. The second kappa shape index (κ2) is 5.73. The maximum atomic E-state index is 13.6. The van der Waals surface area contributed by atoms with Crippen molar-refractivity contribution in [3.63, 3.8) is 0 Å². The Bertz CT molecular complexity index is 658. The molecule has 0 radical (unpaired) electrons. The number of aliphatic hydroxyl groups is 1. The number of aliphatic hydroxyl groups excluding tert-OH is 1. The lowest BCUT2D eigenvalue weighted by atomic mass is 10.1. The van der Waals surface area contributed by atoms with Crippen LogP contribution in [0.3, 0.4) is 0 Å². The predicted molar refractivity (Wildman–Crippen MR) is 75.0 cm³/mol. The predicted octanol–water partition coefficient (Wildman–Crippen LogP) is 2.80. The SMILES string of the molecule is Cn1c(SC[C@@H](O)c2cc(F)ccc2F)nnc1C1CC1. The van der Waals surface area contributed by atoms with E-state index in [9.17, 15) is 13.9 Å². The summed E-state index contributed by atoms with van der Waals surface area (Å²) in [6, 6.07) is 3.07. The summed E-state index contributed by atoms with van der Waals surface area (Å²) in [5.74, 6) is 0.453. The number of aromatic nitrogens is 3. The highest BCUT2D eigenvalue weighted by atomic mass is 32.2. The standard InChI is InChI=1S/C14H15F2N3OS/c1-19-13(8-2-3-8)17-18-14(19)21-7-12(20)10-6-9(15)4-5-11(10)16/h4-6,8,12,20H,2-3,7H2,1H3/t12-/m1/s1. The summed E-state index contributed by atoms with van der Waals surface area (Å²) in [6.45, 7) is 0. The van der Waals surface area contributed by atoms with Crippen molar-refractivity contribution >= 4 is 11.8 Å². The van der Waals surface area contributed by atoms with Crippen molar-refractivity contribution in [3.05, 3.63) is 41.2 Å². The third-order valence-corrected chi connectivity index (χ3v) is 4.59. The minimum Gasteiger partial charge on any atom is -0.387 e. The van der Waals surface area contributed by atoms with Crippen LogP contribution in [0.1, 0.15) is 36.3 Å². The Hall–Kier alpha value is -1.47. The first kappa shape index (κ1) is 14.5. The molecule has 1 heterocycles. The molecule has 0 amide bonds. The monoisotopic (exact) mass is 311 g/mol. The second-order valence-corrected chi connectivity index (χ2v) is 6.15. The van der Waals surface area contributed by atoms with E-state index in [2.05, 4.69) is 10.2 Å². The average molecular weight is 311 g/mol. The van der Waals surface area contributed by atoms with Gasteiger partial charge in [-0.15, -0.1) is 10.2 Å². The molecule has 0 unspecified atom stereocenters. The Kier molecular flexibility index (Phi) is 3.95.